The molecule has 7 fully saturated rings. The zero-order chi connectivity index (χ0) is 18.8. The molecular formula is C23H34O4. The summed E-state index contributed by atoms with van der Waals surface area (Å²) in [5, 5.41) is 11.3. The van der Waals surface area contributed by atoms with Crippen molar-refractivity contribution in [3.8, 4) is 0 Å². The lowest BCUT2D eigenvalue weighted by atomic mass is 9.34. The Balaban J connectivity index is 1.55. The van der Waals surface area contributed by atoms with Crippen molar-refractivity contribution in [3.63, 3.8) is 0 Å². The summed E-state index contributed by atoms with van der Waals surface area (Å²) >= 11 is 0. The van der Waals surface area contributed by atoms with Crippen LogP contribution in [0.4, 0.5) is 0 Å². The van der Waals surface area contributed by atoms with Crippen LogP contribution < -0.4 is 0 Å². The highest BCUT2D eigenvalue weighted by molar-refractivity contribution is 5.31. The van der Waals surface area contributed by atoms with Crippen molar-refractivity contribution in [1.82, 2.24) is 0 Å². The molecule has 0 aromatic heterocycles. The number of rotatable bonds is 0. The molecule has 1 spiro atoms. The minimum atomic E-state index is -0.639. The van der Waals surface area contributed by atoms with Crippen LogP contribution >= 0.6 is 0 Å². The Bertz CT molecular complexity index is 702. The molecular weight excluding hydrogens is 340 g/mol. The maximum atomic E-state index is 11.3. The summed E-state index contributed by atoms with van der Waals surface area (Å²) in [6.45, 7) is 11.7. The maximum Gasteiger partial charge on any atom is 0.163 e. The highest BCUT2D eigenvalue weighted by Gasteiger charge is 2.76. The average molecular weight is 375 g/mol. The summed E-state index contributed by atoms with van der Waals surface area (Å²) in [5.41, 5.74) is 1.29. The van der Waals surface area contributed by atoms with E-state index in [9.17, 15) is 5.11 Å². The van der Waals surface area contributed by atoms with Crippen LogP contribution in [0.2, 0.25) is 0 Å². The molecule has 9 atom stereocenters. The quantitative estimate of drug-likeness (QED) is 0.651. The van der Waals surface area contributed by atoms with E-state index in [0.29, 0.717) is 24.4 Å². The predicted molar refractivity (Wildman–Crippen MR) is 101 cm³/mol. The number of fused-ring (bicyclic) bond motifs is 1. The molecule has 1 N–H and O–H groups in total. The molecule has 0 aromatic carbocycles. The summed E-state index contributed by atoms with van der Waals surface area (Å²) in [6.07, 6.45) is 7.64. The van der Waals surface area contributed by atoms with Gasteiger partial charge in [0.25, 0.3) is 0 Å². The van der Waals surface area contributed by atoms with Gasteiger partial charge in [-0.25, -0.2) is 0 Å². The Morgan fingerprint density at radius 3 is 2.63 bits per heavy atom. The van der Waals surface area contributed by atoms with E-state index in [-0.39, 0.29) is 28.5 Å². The predicted octanol–water partition coefficient (Wildman–Crippen LogP) is 4.02. The van der Waals surface area contributed by atoms with Crippen LogP contribution in [0.15, 0.2) is 12.2 Å². The van der Waals surface area contributed by atoms with Gasteiger partial charge in [-0.05, 0) is 81.1 Å². The number of ether oxygens (including phenoxy) is 3. The van der Waals surface area contributed by atoms with Crippen molar-refractivity contribution in [2.24, 2.45) is 34.0 Å². The summed E-state index contributed by atoms with van der Waals surface area (Å²) in [6, 6.07) is 0. The maximum absolute atomic E-state index is 11.3. The SMILES string of the molecule is C=C1[C@H]2CC[C@@]34C(C2)[C@@]25CCC[C@@](C)(COC2O)C5C[C@H]3OC(C)(C)O[C@@H]14. The fraction of sp³-hybridized carbons (Fsp3) is 0.913. The van der Waals surface area contributed by atoms with E-state index in [1.165, 1.54) is 24.8 Å². The van der Waals surface area contributed by atoms with Gasteiger partial charge in [-0.3, -0.25) is 0 Å². The van der Waals surface area contributed by atoms with Gasteiger partial charge in [-0.15, -0.1) is 0 Å². The second kappa shape index (κ2) is 5.00. The Labute approximate surface area is 162 Å². The molecule has 2 heterocycles. The third-order valence-corrected chi connectivity index (χ3v) is 9.85. The van der Waals surface area contributed by atoms with Gasteiger partial charge in [0.05, 0.1) is 18.8 Å². The Hall–Kier alpha value is -0.420. The van der Waals surface area contributed by atoms with E-state index in [1.54, 1.807) is 0 Å². The highest BCUT2D eigenvalue weighted by Crippen LogP contribution is 2.76. The first-order valence-electron chi connectivity index (χ1n) is 11.1. The van der Waals surface area contributed by atoms with Crippen LogP contribution in [-0.4, -0.2) is 36.0 Å². The van der Waals surface area contributed by atoms with Gasteiger partial charge in [0.2, 0.25) is 0 Å². The van der Waals surface area contributed by atoms with E-state index < -0.39 is 12.1 Å². The van der Waals surface area contributed by atoms with Crippen LogP contribution in [0.3, 0.4) is 0 Å². The van der Waals surface area contributed by atoms with E-state index in [0.717, 1.165) is 25.7 Å². The second-order valence-corrected chi connectivity index (χ2v) is 11.3. The largest absolute Gasteiger partial charge is 0.367 e. The van der Waals surface area contributed by atoms with Crippen molar-refractivity contribution >= 4 is 0 Å². The van der Waals surface area contributed by atoms with Crippen molar-refractivity contribution in [2.75, 3.05) is 6.61 Å². The molecule has 150 valence electrons. The summed E-state index contributed by atoms with van der Waals surface area (Å²) in [7, 11) is 0. The molecule has 5 saturated carbocycles. The lowest BCUT2D eigenvalue weighted by Gasteiger charge is -2.75. The van der Waals surface area contributed by atoms with Crippen LogP contribution in [0.25, 0.3) is 0 Å². The first-order chi connectivity index (χ1) is 12.7. The number of hydrogen-bond donors (Lipinski definition) is 1. The molecule has 3 unspecified atom stereocenters. The minimum absolute atomic E-state index is 0.0300. The smallest absolute Gasteiger partial charge is 0.163 e. The molecule has 2 saturated heterocycles. The molecule has 0 amide bonds. The van der Waals surface area contributed by atoms with E-state index in [2.05, 4.69) is 27.4 Å². The Kier molecular flexibility index (Phi) is 3.23. The fourth-order valence-corrected chi connectivity index (χ4v) is 8.92. The molecule has 27 heavy (non-hydrogen) atoms. The van der Waals surface area contributed by atoms with Crippen LogP contribution in [0, 0.1) is 34.0 Å². The highest BCUT2D eigenvalue weighted by atomic mass is 16.7. The molecule has 7 aliphatic rings. The summed E-state index contributed by atoms with van der Waals surface area (Å²) in [4.78, 5) is 0. The molecule has 4 nitrogen and oxygen atoms in total. The first kappa shape index (κ1) is 17.4. The normalized spacial score (nSPS) is 60.5. The third kappa shape index (κ3) is 1.85. The molecule has 7 rings (SSSR count). The van der Waals surface area contributed by atoms with Crippen LogP contribution in [-0.2, 0) is 14.2 Å². The summed E-state index contributed by atoms with van der Waals surface area (Å²) < 4.78 is 19.4. The van der Waals surface area contributed by atoms with Crippen LogP contribution in [0.5, 0.6) is 0 Å². The zero-order valence-electron chi connectivity index (χ0n) is 17.0. The fourth-order valence-electron chi connectivity index (χ4n) is 8.92. The van der Waals surface area contributed by atoms with Gasteiger partial charge in [0, 0.05) is 10.8 Å². The number of aliphatic hydroxyl groups excluding tert-OH is 1. The lowest BCUT2D eigenvalue weighted by Crippen LogP contribution is -2.77. The molecule has 4 bridgehead atoms. The Morgan fingerprint density at radius 1 is 1.00 bits per heavy atom. The number of hydrogen-bond acceptors (Lipinski definition) is 4. The molecule has 0 aromatic rings. The van der Waals surface area contributed by atoms with Crippen molar-refractivity contribution < 1.29 is 19.3 Å². The second-order valence-electron chi connectivity index (χ2n) is 11.3. The molecule has 2 aliphatic heterocycles. The van der Waals surface area contributed by atoms with Crippen molar-refractivity contribution in [1.29, 1.82) is 0 Å². The van der Waals surface area contributed by atoms with Crippen molar-refractivity contribution in [3.05, 3.63) is 12.2 Å². The van der Waals surface area contributed by atoms with Gasteiger partial charge < -0.3 is 19.3 Å². The zero-order valence-corrected chi connectivity index (χ0v) is 17.0. The lowest BCUT2D eigenvalue weighted by molar-refractivity contribution is -0.421. The van der Waals surface area contributed by atoms with E-state index in [4.69, 9.17) is 14.2 Å². The first-order valence-corrected chi connectivity index (χ1v) is 11.1. The topological polar surface area (TPSA) is 47.9 Å². The minimum Gasteiger partial charge on any atom is -0.367 e. The third-order valence-electron chi connectivity index (χ3n) is 9.85. The Morgan fingerprint density at radius 2 is 1.81 bits per heavy atom. The summed E-state index contributed by atoms with van der Waals surface area (Å²) in [5.74, 6) is 0.849. The molecule has 0 radical (unpaired) electrons. The molecule has 5 aliphatic carbocycles. The van der Waals surface area contributed by atoms with Crippen LogP contribution in [0.1, 0.15) is 65.7 Å². The van der Waals surface area contributed by atoms with Gasteiger partial charge in [0.15, 0.2) is 12.1 Å². The van der Waals surface area contributed by atoms with Gasteiger partial charge in [-0.2, -0.15) is 0 Å². The van der Waals surface area contributed by atoms with Gasteiger partial charge in [-0.1, -0.05) is 19.9 Å². The van der Waals surface area contributed by atoms with Crippen molar-refractivity contribution in [2.45, 2.75) is 90.0 Å². The van der Waals surface area contributed by atoms with Gasteiger partial charge >= 0.3 is 0 Å². The molecule has 4 heteroatoms. The van der Waals surface area contributed by atoms with E-state index >= 15 is 0 Å². The average Bonchev–Trinajstić information content (AvgIpc) is 2.61. The number of aliphatic hydroxyl groups is 1. The van der Waals surface area contributed by atoms with Gasteiger partial charge in [0.1, 0.15) is 0 Å². The standard InChI is InChI=1S/C23H34O4/c1-13-14-6-9-23-16(10-14)22-8-5-7-21(4,12-25-19(22)24)15(22)11-17(23)26-20(2,3)27-18(13)23/h14-19,24H,1,5-12H2,2-4H3/t14-,15?,16?,17+,18-,19?,21-,22-,23+/m0/s1. The van der Waals surface area contributed by atoms with E-state index in [1.807, 2.05) is 0 Å². The monoisotopic (exact) mass is 374 g/mol.